The van der Waals surface area contributed by atoms with E-state index in [2.05, 4.69) is 0 Å². The number of hydrogen-bond acceptors (Lipinski definition) is 3. The van der Waals surface area contributed by atoms with Crippen LogP contribution in [0.2, 0.25) is 10.0 Å². The summed E-state index contributed by atoms with van der Waals surface area (Å²) >= 11 is 11.8. The summed E-state index contributed by atoms with van der Waals surface area (Å²) in [5.41, 5.74) is 6.20. The van der Waals surface area contributed by atoms with Gasteiger partial charge >= 0.3 is 0 Å². The summed E-state index contributed by atoms with van der Waals surface area (Å²) in [5, 5.41) is 10.4. The van der Waals surface area contributed by atoms with Gasteiger partial charge in [0.05, 0.1) is 10.6 Å². The van der Waals surface area contributed by atoms with Gasteiger partial charge in [-0.3, -0.25) is 4.79 Å². The number of benzene rings is 1. The summed E-state index contributed by atoms with van der Waals surface area (Å²) in [6.07, 6.45) is 2.10. The van der Waals surface area contributed by atoms with Gasteiger partial charge in [0, 0.05) is 24.2 Å². The normalized spacial score (nSPS) is 27.4. The Bertz CT molecular complexity index is 544. The van der Waals surface area contributed by atoms with Gasteiger partial charge in [-0.1, -0.05) is 23.2 Å². The minimum Gasteiger partial charge on any atom is -0.507 e. The third-order valence-electron chi connectivity index (χ3n) is 4.45. The summed E-state index contributed by atoms with van der Waals surface area (Å²) in [7, 11) is 0. The van der Waals surface area contributed by atoms with E-state index < -0.39 is 0 Å². The number of aromatic hydroxyl groups is 1. The van der Waals surface area contributed by atoms with E-state index in [0.29, 0.717) is 29.9 Å². The molecule has 3 unspecified atom stereocenters. The Morgan fingerprint density at radius 1 is 1.29 bits per heavy atom. The van der Waals surface area contributed by atoms with Gasteiger partial charge in [0.1, 0.15) is 5.75 Å². The minimum absolute atomic E-state index is 0. The molecule has 1 aliphatic carbocycles. The molecule has 1 amide bonds. The van der Waals surface area contributed by atoms with Crippen LogP contribution in [0, 0.1) is 11.8 Å². The van der Waals surface area contributed by atoms with E-state index >= 15 is 0 Å². The van der Waals surface area contributed by atoms with Gasteiger partial charge in [-0.2, -0.15) is 0 Å². The zero-order valence-electron chi connectivity index (χ0n) is 11.3. The van der Waals surface area contributed by atoms with E-state index in [1.807, 2.05) is 0 Å². The van der Waals surface area contributed by atoms with Crippen molar-refractivity contribution < 1.29 is 9.90 Å². The van der Waals surface area contributed by atoms with Crippen molar-refractivity contribution in [2.75, 3.05) is 13.1 Å². The lowest BCUT2D eigenvalue weighted by molar-refractivity contribution is 0.0777. The Hall–Kier alpha value is -0.680. The average Bonchev–Trinajstić information content (AvgIpc) is 2.90. The second-order valence-corrected chi connectivity index (χ2v) is 6.50. The average molecular weight is 352 g/mol. The predicted octanol–water partition coefficient (Wildman–Crippen LogP) is 2.93. The van der Waals surface area contributed by atoms with Crippen LogP contribution in [0.15, 0.2) is 12.1 Å². The van der Waals surface area contributed by atoms with E-state index in [0.717, 1.165) is 12.8 Å². The Balaban J connectivity index is 0.00000161. The van der Waals surface area contributed by atoms with Crippen LogP contribution in [-0.4, -0.2) is 35.0 Å². The molecule has 0 radical (unpaired) electrons. The first kappa shape index (κ1) is 16.7. The highest BCUT2D eigenvalue weighted by atomic mass is 35.5. The van der Waals surface area contributed by atoms with Crippen molar-refractivity contribution in [1.29, 1.82) is 0 Å². The van der Waals surface area contributed by atoms with Gasteiger partial charge in [0.25, 0.3) is 5.91 Å². The molecule has 7 heteroatoms. The fourth-order valence-electron chi connectivity index (χ4n) is 3.40. The van der Waals surface area contributed by atoms with Crippen LogP contribution in [0.3, 0.4) is 0 Å². The molecule has 0 bridgehead atoms. The zero-order valence-corrected chi connectivity index (χ0v) is 13.6. The van der Waals surface area contributed by atoms with Crippen molar-refractivity contribution in [2.24, 2.45) is 17.6 Å². The molecule has 3 atom stereocenters. The maximum Gasteiger partial charge on any atom is 0.259 e. The van der Waals surface area contributed by atoms with Crippen molar-refractivity contribution in [3.05, 3.63) is 27.7 Å². The van der Waals surface area contributed by atoms with Crippen LogP contribution in [0.5, 0.6) is 5.75 Å². The van der Waals surface area contributed by atoms with Gasteiger partial charge in [-0.05, 0) is 36.8 Å². The number of fused-ring (bicyclic) bond motifs is 1. The predicted molar refractivity (Wildman–Crippen MR) is 85.5 cm³/mol. The molecule has 116 valence electrons. The Kier molecular flexibility index (Phi) is 4.93. The molecule has 0 aromatic heterocycles. The number of carbonyl (C=O) groups excluding carboxylic acids is 1. The third-order valence-corrected chi connectivity index (χ3v) is 4.96. The van der Waals surface area contributed by atoms with Crippen molar-refractivity contribution in [1.82, 2.24) is 4.90 Å². The molecule has 1 saturated heterocycles. The molecule has 3 N–H and O–H groups in total. The molecule has 21 heavy (non-hydrogen) atoms. The first-order valence-electron chi connectivity index (χ1n) is 6.70. The second-order valence-electron chi connectivity index (χ2n) is 5.66. The molecular weight excluding hydrogens is 335 g/mol. The minimum atomic E-state index is -0.245. The quantitative estimate of drug-likeness (QED) is 0.817. The lowest BCUT2D eigenvalue weighted by Gasteiger charge is -2.20. The lowest BCUT2D eigenvalue weighted by Crippen LogP contribution is -2.33. The number of amides is 1. The second kappa shape index (κ2) is 6.21. The van der Waals surface area contributed by atoms with Gasteiger partial charge in [0.2, 0.25) is 0 Å². The van der Waals surface area contributed by atoms with Gasteiger partial charge in [0.15, 0.2) is 0 Å². The Morgan fingerprint density at radius 2 is 2.00 bits per heavy atom. The van der Waals surface area contributed by atoms with Gasteiger partial charge < -0.3 is 15.7 Å². The van der Waals surface area contributed by atoms with Crippen molar-refractivity contribution in [2.45, 2.75) is 18.9 Å². The van der Waals surface area contributed by atoms with E-state index in [9.17, 15) is 9.90 Å². The third kappa shape index (κ3) is 2.95. The van der Waals surface area contributed by atoms with Crippen LogP contribution in [0.25, 0.3) is 0 Å². The number of phenols is 1. The van der Waals surface area contributed by atoms with Crippen LogP contribution < -0.4 is 5.73 Å². The van der Waals surface area contributed by atoms with E-state index in [4.69, 9.17) is 28.9 Å². The van der Waals surface area contributed by atoms with Gasteiger partial charge in [-0.15, -0.1) is 12.4 Å². The lowest BCUT2D eigenvalue weighted by atomic mass is 9.98. The van der Waals surface area contributed by atoms with Crippen LogP contribution in [0.1, 0.15) is 23.2 Å². The van der Waals surface area contributed by atoms with Gasteiger partial charge in [-0.25, -0.2) is 0 Å². The molecule has 2 aliphatic rings. The fourth-order valence-corrected chi connectivity index (χ4v) is 3.97. The smallest absolute Gasteiger partial charge is 0.259 e. The van der Waals surface area contributed by atoms with Crippen molar-refractivity contribution >= 4 is 41.5 Å². The topological polar surface area (TPSA) is 66.6 Å². The van der Waals surface area contributed by atoms with Crippen LogP contribution in [-0.2, 0) is 0 Å². The number of hydrogen-bond donors (Lipinski definition) is 2. The molecule has 0 spiro atoms. The largest absolute Gasteiger partial charge is 0.507 e. The number of phenolic OH excluding ortho intramolecular Hbond substituents is 1. The number of nitrogens with zero attached hydrogens (tertiary/aromatic N) is 1. The molecule has 1 aromatic carbocycles. The number of likely N-dealkylation sites (tertiary alicyclic amines) is 1. The molecule has 1 aliphatic heterocycles. The summed E-state index contributed by atoms with van der Waals surface area (Å²) in [4.78, 5) is 14.3. The van der Waals surface area contributed by atoms with Crippen molar-refractivity contribution in [3.63, 3.8) is 0 Å². The standard InChI is InChI=1S/C14H16Cl2N2O2.ClH/c15-8-3-10(16)13(12(19)4-8)14(20)18-5-7-1-2-11(17)9(7)6-18;/h3-4,7,9,11,19H,1-2,5-6,17H2;1H. The van der Waals surface area contributed by atoms with E-state index in [1.165, 1.54) is 12.1 Å². The zero-order chi connectivity index (χ0) is 14.4. The van der Waals surface area contributed by atoms with Crippen molar-refractivity contribution in [3.8, 4) is 5.75 Å². The highest BCUT2D eigenvalue weighted by Gasteiger charge is 2.43. The summed E-state index contributed by atoms with van der Waals surface area (Å²) < 4.78 is 0. The first-order chi connectivity index (χ1) is 9.47. The fraction of sp³-hybridized carbons (Fsp3) is 0.500. The molecule has 4 nitrogen and oxygen atoms in total. The first-order valence-corrected chi connectivity index (χ1v) is 7.46. The Labute approximate surface area is 139 Å². The van der Waals surface area contributed by atoms with E-state index in [1.54, 1.807) is 4.90 Å². The summed E-state index contributed by atoms with van der Waals surface area (Å²) in [6, 6.07) is 2.98. The maximum atomic E-state index is 12.5. The highest BCUT2D eigenvalue weighted by molar-refractivity contribution is 6.37. The number of halogens is 3. The number of carbonyl (C=O) groups is 1. The molecule has 2 fully saturated rings. The SMILES string of the molecule is Cl.NC1CCC2CN(C(=O)c3c(O)cc(Cl)cc3Cl)CC12. The molecule has 1 aromatic rings. The number of nitrogens with two attached hydrogens (primary N) is 1. The Morgan fingerprint density at radius 3 is 2.62 bits per heavy atom. The van der Waals surface area contributed by atoms with E-state index in [-0.39, 0.29) is 40.7 Å². The molecule has 1 saturated carbocycles. The highest BCUT2D eigenvalue weighted by Crippen LogP contribution is 2.39. The maximum absolute atomic E-state index is 12.5. The molecule has 1 heterocycles. The molecule has 3 rings (SSSR count). The summed E-state index contributed by atoms with van der Waals surface area (Å²) in [5.74, 6) is 0.425. The summed E-state index contributed by atoms with van der Waals surface area (Å²) in [6.45, 7) is 1.33. The van der Waals surface area contributed by atoms with Crippen LogP contribution in [0.4, 0.5) is 0 Å². The monoisotopic (exact) mass is 350 g/mol. The van der Waals surface area contributed by atoms with Crippen LogP contribution >= 0.6 is 35.6 Å². The number of rotatable bonds is 1. The molecular formula is C14H17Cl3N2O2.